The lowest BCUT2D eigenvalue weighted by atomic mass is 10.1. The van der Waals surface area contributed by atoms with Crippen molar-refractivity contribution in [3.63, 3.8) is 0 Å². The summed E-state index contributed by atoms with van der Waals surface area (Å²) in [5.41, 5.74) is 8.80. The van der Waals surface area contributed by atoms with Crippen molar-refractivity contribution in [3.05, 3.63) is 60.2 Å². The second-order valence-electron chi connectivity index (χ2n) is 4.92. The van der Waals surface area contributed by atoms with E-state index >= 15 is 0 Å². The second kappa shape index (κ2) is 7.33. The Morgan fingerprint density at radius 2 is 2.24 bits per heavy atom. The Kier molecular flexibility index (Phi) is 5.21. The highest BCUT2D eigenvalue weighted by Gasteiger charge is 2.11. The van der Waals surface area contributed by atoms with Crippen molar-refractivity contribution >= 4 is 17.3 Å². The van der Waals surface area contributed by atoms with Gasteiger partial charge in [-0.1, -0.05) is 24.3 Å². The summed E-state index contributed by atoms with van der Waals surface area (Å²) < 4.78 is 0. The van der Waals surface area contributed by atoms with Crippen molar-refractivity contribution in [2.75, 3.05) is 24.1 Å². The minimum Gasteiger partial charge on any atom is -0.399 e. The number of hydrogen-bond acceptors (Lipinski definition) is 3. The number of carbonyl (C=O) groups is 1. The second-order valence-corrected chi connectivity index (χ2v) is 4.92. The minimum atomic E-state index is -0.131. The van der Waals surface area contributed by atoms with Gasteiger partial charge in [-0.05, 0) is 36.6 Å². The summed E-state index contributed by atoms with van der Waals surface area (Å²) in [5.74, 6) is -0.131. The first-order valence-corrected chi connectivity index (χ1v) is 7.09. The molecule has 0 aliphatic heterocycles. The van der Waals surface area contributed by atoms with Gasteiger partial charge >= 0.3 is 0 Å². The fourth-order valence-corrected chi connectivity index (χ4v) is 2.16. The summed E-state index contributed by atoms with van der Waals surface area (Å²) in [6, 6.07) is 5.27. The number of rotatable bonds is 6. The highest BCUT2D eigenvalue weighted by Crippen LogP contribution is 2.19. The van der Waals surface area contributed by atoms with Gasteiger partial charge in [-0.2, -0.15) is 0 Å². The molecule has 1 aromatic rings. The molecule has 0 fully saturated rings. The van der Waals surface area contributed by atoms with E-state index in [2.05, 4.69) is 35.4 Å². The third kappa shape index (κ3) is 4.24. The maximum atomic E-state index is 12.3. The highest BCUT2D eigenvalue weighted by atomic mass is 16.1. The molecule has 21 heavy (non-hydrogen) atoms. The fourth-order valence-electron chi connectivity index (χ4n) is 2.16. The van der Waals surface area contributed by atoms with Gasteiger partial charge in [-0.15, -0.1) is 6.58 Å². The molecule has 1 aliphatic carbocycles. The summed E-state index contributed by atoms with van der Waals surface area (Å²) in [4.78, 5) is 12.3. The number of hydrogen-bond donors (Lipinski definition) is 3. The summed E-state index contributed by atoms with van der Waals surface area (Å²) in [5, 5.41) is 6.08. The van der Waals surface area contributed by atoms with E-state index < -0.39 is 0 Å². The van der Waals surface area contributed by atoms with Gasteiger partial charge in [0, 0.05) is 24.5 Å². The number of allylic oxidation sites excluding steroid dienone is 2. The molecule has 0 aromatic heterocycles. The fraction of sp³-hybridized carbons (Fsp3) is 0.235. The average molecular weight is 283 g/mol. The third-order valence-corrected chi connectivity index (χ3v) is 3.25. The van der Waals surface area contributed by atoms with Crippen LogP contribution >= 0.6 is 0 Å². The normalized spacial score (nSPS) is 13.4. The molecule has 1 aromatic carbocycles. The van der Waals surface area contributed by atoms with Crippen LogP contribution in [0.15, 0.2) is 54.7 Å². The van der Waals surface area contributed by atoms with Crippen LogP contribution in [0.4, 0.5) is 11.4 Å². The quantitative estimate of drug-likeness (QED) is 0.555. The van der Waals surface area contributed by atoms with Gasteiger partial charge in [0.25, 0.3) is 5.91 Å². The van der Waals surface area contributed by atoms with Crippen LogP contribution in [0.2, 0.25) is 0 Å². The number of carbonyl (C=O) groups excluding carboxylic acids is 1. The summed E-state index contributed by atoms with van der Waals surface area (Å²) >= 11 is 0. The lowest BCUT2D eigenvalue weighted by molar-refractivity contribution is 0.0958. The lowest BCUT2D eigenvalue weighted by Gasteiger charge is -2.13. The Morgan fingerprint density at radius 3 is 2.95 bits per heavy atom. The first-order chi connectivity index (χ1) is 10.2. The van der Waals surface area contributed by atoms with E-state index in [1.54, 1.807) is 18.2 Å². The summed E-state index contributed by atoms with van der Waals surface area (Å²) in [7, 11) is 0. The van der Waals surface area contributed by atoms with Crippen molar-refractivity contribution in [2.24, 2.45) is 0 Å². The molecule has 0 bridgehead atoms. The molecule has 0 radical (unpaired) electrons. The van der Waals surface area contributed by atoms with Crippen LogP contribution < -0.4 is 16.4 Å². The Balaban J connectivity index is 2.06. The van der Waals surface area contributed by atoms with E-state index in [0.717, 1.165) is 24.1 Å². The van der Waals surface area contributed by atoms with Gasteiger partial charge in [0.15, 0.2) is 0 Å². The van der Waals surface area contributed by atoms with Crippen LogP contribution in [-0.2, 0) is 0 Å². The number of anilines is 2. The van der Waals surface area contributed by atoms with Crippen LogP contribution in [0.5, 0.6) is 0 Å². The maximum Gasteiger partial charge on any atom is 0.253 e. The van der Waals surface area contributed by atoms with Gasteiger partial charge in [0.2, 0.25) is 0 Å². The van der Waals surface area contributed by atoms with Crippen LogP contribution in [0.25, 0.3) is 0 Å². The van der Waals surface area contributed by atoms with Crippen molar-refractivity contribution in [1.29, 1.82) is 0 Å². The van der Waals surface area contributed by atoms with E-state index in [1.807, 2.05) is 6.07 Å². The third-order valence-electron chi connectivity index (χ3n) is 3.25. The van der Waals surface area contributed by atoms with Crippen molar-refractivity contribution < 1.29 is 4.79 Å². The highest BCUT2D eigenvalue weighted by molar-refractivity contribution is 6.00. The lowest BCUT2D eigenvalue weighted by Crippen LogP contribution is -2.26. The molecular formula is C17H21N3O. The molecule has 4 N–H and O–H groups in total. The Hall–Kier alpha value is -2.49. The van der Waals surface area contributed by atoms with Gasteiger partial charge in [0.05, 0.1) is 5.56 Å². The predicted molar refractivity (Wildman–Crippen MR) is 88.3 cm³/mol. The van der Waals surface area contributed by atoms with Crippen LogP contribution in [0, 0.1) is 0 Å². The summed E-state index contributed by atoms with van der Waals surface area (Å²) in [6.07, 6.45) is 10.2. The number of amides is 1. The minimum absolute atomic E-state index is 0.131. The molecular weight excluding hydrogens is 262 g/mol. The molecule has 110 valence electrons. The van der Waals surface area contributed by atoms with E-state index in [-0.39, 0.29) is 5.91 Å². The van der Waals surface area contributed by atoms with Crippen LogP contribution in [0.1, 0.15) is 23.2 Å². The molecule has 0 spiro atoms. The largest absolute Gasteiger partial charge is 0.399 e. The number of benzene rings is 1. The van der Waals surface area contributed by atoms with Crippen molar-refractivity contribution in [3.8, 4) is 0 Å². The Morgan fingerprint density at radius 1 is 1.38 bits per heavy atom. The zero-order valence-electron chi connectivity index (χ0n) is 12.1. The average Bonchev–Trinajstić information content (AvgIpc) is 2.52. The summed E-state index contributed by atoms with van der Waals surface area (Å²) in [6.45, 7) is 4.79. The Labute approximate surface area is 125 Å². The van der Waals surface area contributed by atoms with Crippen LogP contribution in [0.3, 0.4) is 0 Å². The number of nitrogen functional groups attached to an aromatic ring is 1. The first-order valence-electron chi connectivity index (χ1n) is 7.09. The Bertz CT molecular complexity index is 588. The van der Waals surface area contributed by atoms with Crippen LogP contribution in [-0.4, -0.2) is 19.0 Å². The van der Waals surface area contributed by atoms with Gasteiger partial charge in [0.1, 0.15) is 0 Å². The SMILES string of the molecule is C=CCNc1ccc(N)cc1C(=O)NCC1=CCCC=C1. The predicted octanol–water partition coefficient (Wildman–Crippen LogP) is 2.87. The molecule has 0 atom stereocenters. The van der Waals surface area contributed by atoms with E-state index in [9.17, 15) is 4.79 Å². The number of nitrogens with one attached hydrogen (secondary N) is 2. The molecule has 2 rings (SSSR count). The van der Waals surface area contributed by atoms with Gasteiger partial charge in [-0.3, -0.25) is 4.79 Å². The molecule has 4 nitrogen and oxygen atoms in total. The van der Waals surface area contributed by atoms with Gasteiger partial charge < -0.3 is 16.4 Å². The molecule has 1 aliphatic rings. The standard InChI is InChI=1S/C17H21N3O/c1-2-10-19-16-9-8-14(18)11-15(16)17(21)20-12-13-6-4-3-5-7-13/h2,4,6-9,11,19H,1,3,5,10,12,18H2,(H,20,21). The monoisotopic (exact) mass is 283 g/mol. The molecule has 1 amide bonds. The number of nitrogens with two attached hydrogens (primary N) is 1. The maximum absolute atomic E-state index is 12.3. The van der Waals surface area contributed by atoms with E-state index in [0.29, 0.717) is 24.3 Å². The smallest absolute Gasteiger partial charge is 0.253 e. The molecule has 0 heterocycles. The topological polar surface area (TPSA) is 67.1 Å². The molecule has 4 heteroatoms. The van der Waals surface area contributed by atoms with Gasteiger partial charge in [-0.25, -0.2) is 0 Å². The van der Waals surface area contributed by atoms with E-state index in [4.69, 9.17) is 5.73 Å². The molecule has 0 saturated carbocycles. The van der Waals surface area contributed by atoms with Crippen molar-refractivity contribution in [2.45, 2.75) is 12.8 Å². The zero-order chi connectivity index (χ0) is 15.1. The molecule has 0 saturated heterocycles. The first kappa shape index (κ1) is 14.9. The van der Waals surface area contributed by atoms with E-state index in [1.165, 1.54) is 0 Å². The molecule has 0 unspecified atom stereocenters. The van der Waals surface area contributed by atoms with Crippen molar-refractivity contribution in [1.82, 2.24) is 5.32 Å². The zero-order valence-corrected chi connectivity index (χ0v) is 12.1.